The van der Waals surface area contributed by atoms with Crippen LogP contribution in [0.2, 0.25) is 5.02 Å². The molecule has 0 bridgehead atoms. The number of hydrogen-bond donors (Lipinski definition) is 3. The van der Waals surface area contributed by atoms with Crippen LogP contribution in [0.1, 0.15) is 47.8 Å². The lowest BCUT2D eigenvalue weighted by molar-refractivity contribution is 0.0758. The summed E-state index contributed by atoms with van der Waals surface area (Å²) < 4.78 is 29.0. The van der Waals surface area contributed by atoms with Gasteiger partial charge in [0.2, 0.25) is 10.0 Å². The number of aliphatic hydroxyl groups is 2. The van der Waals surface area contributed by atoms with E-state index in [2.05, 4.69) is 5.32 Å². The summed E-state index contributed by atoms with van der Waals surface area (Å²) >= 11 is 5.99. The van der Waals surface area contributed by atoms with Gasteiger partial charge in [0.25, 0.3) is 5.91 Å². The van der Waals surface area contributed by atoms with E-state index in [0.717, 1.165) is 5.56 Å². The summed E-state index contributed by atoms with van der Waals surface area (Å²) in [6, 6.07) is 21.0. The maximum absolute atomic E-state index is 13.8. The molecule has 0 radical (unpaired) electrons. The molecule has 11 heteroatoms. The van der Waals surface area contributed by atoms with Crippen LogP contribution in [0, 0.1) is 0 Å². The molecule has 0 saturated carbocycles. The van der Waals surface area contributed by atoms with Crippen molar-refractivity contribution >= 4 is 54.5 Å². The minimum Gasteiger partial charge on any atom is -0.394 e. The summed E-state index contributed by atoms with van der Waals surface area (Å²) in [6.45, 7) is 3.12. The van der Waals surface area contributed by atoms with Gasteiger partial charge >= 0.3 is 0 Å². The van der Waals surface area contributed by atoms with Crippen LogP contribution in [-0.2, 0) is 16.6 Å². The smallest absolute Gasteiger partial charge is 0.251 e. The van der Waals surface area contributed by atoms with Crippen LogP contribution in [-0.4, -0.2) is 47.6 Å². The Kier molecular flexibility index (Phi) is 13.9. The number of nitrogens with zero attached hydrogens (tertiary/aromatic N) is 1. The first-order chi connectivity index (χ1) is 17.2. The third kappa shape index (κ3) is 8.47. The van der Waals surface area contributed by atoms with Crippen LogP contribution < -0.4 is 5.32 Å². The Hall–Kier alpha value is -2.05. The van der Waals surface area contributed by atoms with Gasteiger partial charge in [0.15, 0.2) is 0 Å². The van der Waals surface area contributed by atoms with E-state index in [1.807, 2.05) is 37.3 Å². The van der Waals surface area contributed by atoms with Crippen LogP contribution in [0.4, 0.5) is 0 Å². The molecule has 1 unspecified atom stereocenters. The standard InChI is InChI=1S/C27H31ClN2O5S.2H2S/c1-3-26(21-7-5-4-6-8-21)30(36(34,35)24-15-13-23(28)14-16-24)17-20-9-11-22(12-10-20)27(33)29-25(18-31)19(2)32;;/h4-16,19,25-26,31-32H,3,17-18H2,1-2H3,(H,29,33);2*1H2/t19-,25-,26?;;/m0../s1. The van der Waals surface area contributed by atoms with Crippen LogP contribution in [0.5, 0.6) is 0 Å². The number of aliphatic hydroxyl groups excluding tert-OH is 2. The highest BCUT2D eigenvalue weighted by atomic mass is 35.5. The van der Waals surface area contributed by atoms with E-state index in [-0.39, 0.29) is 38.4 Å². The molecule has 3 rings (SSSR count). The van der Waals surface area contributed by atoms with Crippen molar-refractivity contribution in [2.24, 2.45) is 0 Å². The molecule has 0 aromatic heterocycles. The number of carbonyl (C=O) groups is 1. The minimum absolute atomic E-state index is 0. The Morgan fingerprint density at radius 3 is 2.05 bits per heavy atom. The third-order valence-corrected chi connectivity index (χ3v) is 8.11. The summed E-state index contributed by atoms with van der Waals surface area (Å²) in [5.74, 6) is -0.442. The molecule has 0 fully saturated rings. The second-order valence-electron chi connectivity index (χ2n) is 8.54. The molecule has 0 aliphatic carbocycles. The quantitative estimate of drug-likeness (QED) is 0.304. The van der Waals surface area contributed by atoms with Gasteiger partial charge in [0, 0.05) is 17.1 Å². The summed E-state index contributed by atoms with van der Waals surface area (Å²) in [6.07, 6.45) is -0.354. The first kappa shape index (κ1) is 34.0. The Balaban J connectivity index is 0.00000361. The molecule has 208 valence electrons. The number of sulfonamides is 1. The van der Waals surface area contributed by atoms with Crippen LogP contribution >= 0.6 is 38.6 Å². The van der Waals surface area contributed by atoms with Gasteiger partial charge in [-0.25, -0.2) is 8.42 Å². The number of hydrogen-bond acceptors (Lipinski definition) is 5. The predicted octanol–water partition coefficient (Wildman–Crippen LogP) is 4.38. The molecular weight excluding hydrogens is 564 g/mol. The van der Waals surface area contributed by atoms with E-state index in [9.17, 15) is 23.4 Å². The van der Waals surface area contributed by atoms with Gasteiger partial charge in [-0.2, -0.15) is 31.3 Å². The average Bonchev–Trinajstić information content (AvgIpc) is 2.88. The highest BCUT2D eigenvalue weighted by molar-refractivity contribution is 7.89. The number of amides is 1. The van der Waals surface area contributed by atoms with E-state index in [4.69, 9.17) is 11.6 Å². The SMILES string of the molecule is CCC(c1ccccc1)N(Cc1ccc(C(=O)N[C@@H](CO)[C@H](C)O)cc1)S(=O)(=O)c1ccc(Cl)cc1.S.S. The van der Waals surface area contributed by atoms with Crippen molar-refractivity contribution in [3.8, 4) is 0 Å². The lowest BCUT2D eigenvalue weighted by Crippen LogP contribution is -2.44. The third-order valence-electron chi connectivity index (χ3n) is 5.99. The van der Waals surface area contributed by atoms with Crippen molar-refractivity contribution in [2.75, 3.05) is 6.61 Å². The molecule has 0 aliphatic heterocycles. The van der Waals surface area contributed by atoms with E-state index in [0.29, 0.717) is 22.6 Å². The fraction of sp³-hybridized carbons (Fsp3) is 0.296. The van der Waals surface area contributed by atoms with E-state index >= 15 is 0 Å². The Morgan fingerprint density at radius 2 is 1.55 bits per heavy atom. The molecule has 0 heterocycles. The van der Waals surface area contributed by atoms with Crippen LogP contribution in [0.15, 0.2) is 83.8 Å². The van der Waals surface area contributed by atoms with Crippen LogP contribution in [0.3, 0.4) is 0 Å². The molecule has 0 spiro atoms. The molecule has 0 aliphatic rings. The second-order valence-corrected chi connectivity index (χ2v) is 10.9. The monoisotopic (exact) mass is 598 g/mol. The summed E-state index contributed by atoms with van der Waals surface area (Å²) in [5.41, 5.74) is 1.91. The van der Waals surface area contributed by atoms with Gasteiger partial charge in [-0.05, 0) is 60.9 Å². The first-order valence-electron chi connectivity index (χ1n) is 11.7. The molecule has 3 aromatic rings. The number of nitrogens with one attached hydrogen (secondary N) is 1. The molecule has 3 atom stereocenters. The Labute approximate surface area is 243 Å². The first-order valence-corrected chi connectivity index (χ1v) is 13.5. The molecular formula is C27H35ClN2O5S3. The van der Waals surface area contributed by atoms with Crippen molar-refractivity contribution in [1.82, 2.24) is 9.62 Å². The second kappa shape index (κ2) is 15.5. The average molecular weight is 599 g/mol. The predicted molar refractivity (Wildman–Crippen MR) is 161 cm³/mol. The molecule has 1 amide bonds. The van der Waals surface area contributed by atoms with E-state index in [1.54, 1.807) is 36.4 Å². The number of benzene rings is 3. The molecule has 3 N–H and O–H groups in total. The van der Waals surface area contributed by atoms with Crippen LogP contribution in [0.25, 0.3) is 0 Å². The normalized spacial score (nSPS) is 13.5. The molecule has 3 aromatic carbocycles. The lowest BCUT2D eigenvalue weighted by Gasteiger charge is -2.31. The van der Waals surface area contributed by atoms with Crippen molar-refractivity contribution in [2.45, 2.75) is 49.9 Å². The zero-order valence-electron chi connectivity index (χ0n) is 21.2. The number of rotatable bonds is 11. The zero-order chi connectivity index (χ0) is 26.3. The maximum atomic E-state index is 13.8. The number of carbonyl (C=O) groups excluding carboxylic acids is 1. The Bertz CT molecular complexity index is 1240. The van der Waals surface area contributed by atoms with Crippen molar-refractivity contribution in [3.63, 3.8) is 0 Å². The molecule has 38 heavy (non-hydrogen) atoms. The van der Waals surface area contributed by atoms with Gasteiger partial charge in [-0.1, -0.05) is 61.0 Å². The van der Waals surface area contributed by atoms with Crippen molar-refractivity contribution in [3.05, 3.63) is 101 Å². The van der Waals surface area contributed by atoms with Crippen molar-refractivity contribution in [1.29, 1.82) is 0 Å². The molecule has 7 nitrogen and oxygen atoms in total. The zero-order valence-corrected chi connectivity index (χ0v) is 24.8. The maximum Gasteiger partial charge on any atom is 0.251 e. The van der Waals surface area contributed by atoms with Crippen molar-refractivity contribution < 1.29 is 23.4 Å². The Morgan fingerprint density at radius 1 is 0.974 bits per heavy atom. The highest BCUT2D eigenvalue weighted by Crippen LogP contribution is 2.32. The van der Waals surface area contributed by atoms with Gasteiger partial charge in [0.05, 0.1) is 29.7 Å². The summed E-state index contributed by atoms with van der Waals surface area (Å²) in [7, 11) is -3.89. The summed E-state index contributed by atoms with van der Waals surface area (Å²) in [5, 5.41) is 22.0. The van der Waals surface area contributed by atoms with Gasteiger partial charge in [0.1, 0.15) is 0 Å². The van der Waals surface area contributed by atoms with Gasteiger partial charge in [-0.15, -0.1) is 0 Å². The lowest BCUT2D eigenvalue weighted by atomic mass is 10.0. The highest BCUT2D eigenvalue weighted by Gasteiger charge is 2.32. The summed E-state index contributed by atoms with van der Waals surface area (Å²) in [4.78, 5) is 12.7. The largest absolute Gasteiger partial charge is 0.394 e. The van der Waals surface area contributed by atoms with Gasteiger partial charge < -0.3 is 15.5 Å². The van der Waals surface area contributed by atoms with E-state index in [1.165, 1.54) is 23.4 Å². The fourth-order valence-corrected chi connectivity index (χ4v) is 5.70. The van der Waals surface area contributed by atoms with E-state index < -0.39 is 40.7 Å². The molecule has 0 saturated heterocycles. The van der Waals surface area contributed by atoms with Gasteiger partial charge in [-0.3, -0.25) is 4.79 Å². The number of halogens is 1. The topological polar surface area (TPSA) is 107 Å². The fourth-order valence-electron chi connectivity index (χ4n) is 3.90. The minimum atomic E-state index is -3.89.